The van der Waals surface area contributed by atoms with Crippen molar-refractivity contribution < 1.29 is 4.79 Å². The molecule has 1 saturated heterocycles. The number of carbonyl (C=O) groups is 1. The molecule has 1 heterocycles. The molecule has 1 radical (unpaired) electrons. The molecule has 4 nitrogen and oxygen atoms in total. The first-order chi connectivity index (χ1) is 5.63. The number of amides is 2. The minimum atomic E-state index is 0.0668. The Morgan fingerprint density at radius 2 is 2.08 bits per heavy atom. The molecule has 1 rings (SSSR count). The van der Waals surface area contributed by atoms with Crippen LogP contribution in [-0.4, -0.2) is 56.1 Å². The Labute approximate surface area is 73.5 Å². The van der Waals surface area contributed by atoms with E-state index < -0.39 is 0 Å². The standard InChI is InChI=1S/C8H16N3O/c1-10(2)8(12)11(3)7-4-5-9-6-7/h7H,4-6H2,1-3H3. The van der Waals surface area contributed by atoms with Gasteiger partial charge in [-0.15, -0.1) is 0 Å². The fraction of sp³-hybridized carbons (Fsp3) is 0.875. The van der Waals surface area contributed by atoms with Gasteiger partial charge >= 0.3 is 6.03 Å². The number of likely N-dealkylation sites (N-methyl/N-ethyl adjacent to an activating group) is 1. The molecule has 0 aliphatic carbocycles. The summed E-state index contributed by atoms with van der Waals surface area (Å²) in [6.07, 6.45) is 1.01. The Morgan fingerprint density at radius 1 is 1.42 bits per heavy atom. The van der Waals surface area contributed by atoms with Gasteiger partial charge in [0.05, 0.1) is 0 Å². The van der Waals surface area contributed by atoms with Crippen LogP contribution in [0.4, 0.5) is 4.79 Å². The molecule has 1 aliphatic rings. The van der Waals surface area contributed by atoms with Crippen LogP contribution in [0, 0.1) is 0 Å². The van der Waals surface area contributed by atoms with E-state index in [0.29, 0.717) is 6.04 Å². The molecule has 69 valence electrons. The molecule has 12 heavy (non-hydrogen) atoms. The van der Waals surface area contributed by atoms with Crippen LogP contribution >= 0.6 is 0 Å². The quantitative estimate of drug-likeness (QED) is 0.545. The van der Waals surface area contributed by atoms with E-state index in [9.17, 15) is 4.79 Å². The third-order valence-corrected chi connectivity index (χ3v) is 2.19. The summed E-state index contributed by atoms with van der Waals surface area (Å²) in [5.41, 5.74) is 0. The van der Waals surface area contributed by atoms with Gasteiger partial charge in [-0.2, -0.15) is 0 Å². The predicted octanol–water partition coefficient (Wildman–Crippen LogP) is -0.0235. The van der Waals surface area contributed by atoms with Crippen molar-refractivity contribution in [2.75, 3.05) is 34.2 Å². The minimum absolute atomic E-state index is 0.0668. The van der Waals surface area contributed by atoms with E-state index in [0.717, 1.165) is 19.5 Å². The van der Waals surface area contributed by atoms with Crippen LogP contribution in [0.2, 0.25) is 0 Å². The first-order valence-corrected chi connectivity index (χ1v) is 4.20. The molecule has 2 amide bonds. The summed E-state index contributed by atoms with van der Waals surface area (Å²) >= 11 is 0. The summed E-state index contributed by atoms with van der Waals surface area (Å²) in [7, 11) is 5.38. The summed E-state index contributed by atoms with van der Waals surface area (Å²) in [4.78, 5) is 14.8. The SMILES string of the molecule is CN(C)C(=O)N(C)C1CC[N]C1. The lowest BCUT2D eigenvalue weighted by Crippen LogP contribution is -2.43. The summed E-state index contributed by atoms with van der Waals surface area (Å²) in [5, 5.41) is 4.22. The highest BCUT2D eigenvalue weighted by Crippen LogP contribution is 2.08. The average Bonchev–Trinajstić information content (AvgIpc) is 2.53. The molecule has 1 aliphatic heterocycles. The molecular weight excluding hydrogens is 154 g/mol. The van der Waals surface area contributed by atoms with Gasteiger partial charge in [0, 0.05) is 40.3 Å². The van der Waals surface area contributed by atoms with Crippen molar-refractivity contribution in [1.29, 1.82) is 0 Å². The molecule has 0 aromatic rings. The summed E-state index contributed by atoms with van der Waals surface area (Å²) < 4.78 is 0. The third kappa shape index (κ3) is 1.88. The molecule has 4 heteroatoms. The molecule has 1 atom stereocenters. The van der Waals surface area contributed by atoms with Gasteiger partial charge in [-0.05, 0) is 6.42 Å². The molecule has 0 aromatic heterocycles. The lowest BCUT2D eigenvalue weighted by atomic mass is 10.2. The largest absolute Gasteiger partial charge is 0.331 e. The predicted molar refractivity (Wildman–Crippen MR) is 47.1 cm³/mol. The van der Waals surface area contributed by atoms with Crippen LogP contribution in [0.15, 0.2) is 0 Å². The maximum absolute atomic E-state index is 11.4. The van der Waals surface area contributed by atoms with Crippen molar-refractivity contribution in [2.45, 2.75) is 12.5 Å². The monoisotopic (exact) mass is 170 g/mol. The van der Waals surface area contributed by atoms with Gasteiger partial charge in [0.15, 0.2) is 0 Å². The second-order valence-electron chi connectivity index (χ2n) is 3.36. The molecule has 1 fully saturated rings. The Morgan fingerprint density at radius 3 is 2.50 bits per heavy atom. The molecular formula is C8H16N3O. The van der Waals surface area contributed by atoms with Crippen molar-refractivity contribution in [1.82, 2.24) is 15.1 Å². The second kappa shape index (κ2) is 3.76. The van der Waals surface area contributed by atoms with E-state index in [2.05, 4.69) is 5.32 Å². The van der Waals surface area contributed by atoms with Crippen LogP contribution in [0.3, 0.4) is 0 Å². The lowest BCUT2D eigenvalue weighted by molar-refractivity contribution is 0.167. The maximum Gasteiger partial charge on any atom is 0.319 e. The highest BCUT2D eigenvalue weighted by atomic mass is 16.2. The molecule has 0 saturated carbocycles. The second-order valence-corrected chi connectivity index (χ2v) is 3.36. The number of nitrogens with zero attached hydrogens (tertiary/aromatic N) is 3. The molecule has 0 spiro atoms. The van der Waals surface area contributed by atoms with Crippen LogP contribution < -0.4 is 5.32 Å². The van der Waals surface area contributed by atoms with E-state index in [-0.39, 0.29) is 6.03 Å². The lowest BCUT2D eigenvalue weighted by Gasteiger charge is -2.26. The Bertz CT molecular complexity index is 164. The minimum Gasteiger partial charge on any atom is -0.331 e. The average molecular weight is 170 g/mol. The highest BCUT2D eigenvalue weighted by Gasteiger charge is 2.24. The molecule has 0 aromatic carbocycles. The Hall–Kier alpha value is -0.770. The van der Waals surface area contributed by atoms with Gasteiger partial charge in [0.2, 0.25) is 0 Å². The third-order valence-electron chi connectivity index (χ3n) is 2.19. The molecule has 1 unspecified atom stereocenters. The Kier molecular flexibility index (Phi) is 2.92. The van der Waals surface area contributed by atoms with Crippen LogP contribution in [-0.2, 0) is 0 Å². The first-order valence-electron chi connectivity index (χ1n) is 4.20. The van der Waals surface area contributed by atoms with E-state index in [4.69, 9.17) is 0 Å². The fourth-order valence-electron chi connectivity index (χ4n) is 1.36. The number of urea groups is 1. The van der Waals surface area contributed by atoms with Crippen LogP contribution in [0.5, 0.6) is 0 Å². The van der Waals surface area contributed by atoms with Gasteiger partial charge in [0.1, 0.15) is 0 Å². The van der Waals surface area contributed by atoms with Crippen molar-refractivity contribution in [3.8, 4) is 0 Å². The zero-order valence-corrected chi connectivity index (χ0v) is 7.95. The number of rotatable bonds is 1. The van der Waals surface area contributed by atoms with Crippen molar-refractivity contribution in [2.24, 2.45) is 0 Å². The summed E-state index contributed by atoms with van der Waals surface area (Å²) in [5.74, 6) is 0. The van der Waals surface area contributed by atoms with Crippen molar-refractivity contribution >= 4 is 6.03 Å². The Balaban J connectivity index is 2.45. The van der Waals surface area contributed by atoms with E-state index in [1.165, 1.54) is 0 Å². The number of hydrogen-bond donors (Lipinski definition) is 0. The van der Waals surface area contributed by atoms with E-state index in [1.54, 1.807) is 23.9 Å². The van der Waals surface area contributed by atoms with Gasteiger partial charge in [-0.25, -0.2) is 10.1 Å². The smallest absolute Gasteiger partial charge is 0.319 e. The van der Waals surface area contributed by atoms with Crippen molar-refractivity contribution in [3.05, 3.63) is 0 Å². The summed E-state index contributed by atoms with van der Waals surface area (Å²) in [6, 6.07) is 0.386. The molecule has 0 bridgehead atoms. The first kappa shape index (κ1) is 9.32. The van der Waals surface area contributed by atoms with Crippen molar-refractivity contribution in [3.63, 3.8) is 0 Å². The highest BCUT2D eigenvalue weighted by molar-refractivity contribution is 5.73. The van der Waals surface area contributed by atoms with Gasteiger partial charge < -0.3 is 9.80 Å². The zero-order chi connectivity index (χ0) is 9.14. The number of carbonyl (C=O) groups excluding carboxylic acids is 1. The van der Waals surface area contributed by atoms with Gasteiger partial charge in [-0.1, -0.05) is 0 Å². The molecule has 0 N–H and O–H groups in total. The summed E-state index contributed by atoms with van der Waals surface area (Å²) in [6.45, 7) is 1.70. The van der Waals surface area contributed by atoms with Gasteiger partial charge in [-0.3, -0.25) is 0 Å². The maximum atomic E-state index is 11.4. The normalized spacial score (nSPS) is 22.4. The van der Waals surface area contributed by atoms with Crippen LogP contribution in [0.25, 0.3) is 0 Å². The van der Waals surface area contributed by atoms with Gasteiger partial charge in [0.25, 0.3) is 0 Å². The number of hydrogen-bond acceptors (Lipinski definition) is 1. The topological polar surface area (TPSA) is 37.7 Å². The zero-order valence-electron chi connectivity index (χ0n) is 7.95. The van der Waals surface area contributed by atoms with E-state index >= 15 is 0 Å². The van der Waals surface area contributed by atoms with Crippen LogP contribution in [0.1, 0.15) is 6.42 Å². The van der Waals surface area contributed by atoms with E-state index in [1.807, 2.05) is 7.05 Å². The fourth-order valence-corrected chi connectivity index (χ4v) is 1.36.